The zero-order chi connectivity index (χ0) is 28.3. The van der Waals surface area contributed by atoms with Crippen molar-refractivity contribution in [2.45, 2.75) is 0 Å². The van der Waals surface area contributed by atoms with Crippen LogP contribution in [0.3, 0.4) is 0 Å². The summed E-state index contributed by atoms with van der Waals surface area (Å²) in [5, 5.41) is 9.71. The Kier molecular flexibility index (Phi) is 5.27. The molecule has 0 unspecified atom stereocenters. The molecule has 0 bridgehead atoms. The van der Waals surface area contributed by atoms with Gasteiger partial charge in [0.1, 0.15) is 11.2 Å². The first kappa shape index (κ1) is 24.0. The van der Waals surface area contributed by atoms with Gasteiger partial charge in [-0.1, -0.05) is 133 Å². The van der Waals surface area contributed by atoms with Gasteiger partial charge >= 0.3 is 0 Å². The van der Waals surface area contributed by atoms with E-state index in [-0.39, 0.29) is 0 Å². The summed E-state index contributed by atoms with van der Waals surface area (Å²) in [5.41, 5.74) is 9.19. The molecule has 0 aliphatic heterocycles. The summed E-state index contributed by atoms with van der Waals surface area (Å²) in [6, 6.07) is 56.8. The van der Waals surface area contributed by atoms with Gasteiger partial charge in [0.2, 0.25) is 0 Å². The highest BCUT2D eigenvalue weighted by Crippen LogP contribution is 2.44. The van der Waals surface area contributed by atoms with Gasteiger partial charge in [0.05, 0.1) is 0 Å². The summed E-state index contributed by atoms with van der Waals surface area (Å²) in [6.45, 7) is 0. The van der Waals surface area contributed by atoms with Crippen LogP contribution in [0.5, 0.6) is 0 Å². The van der Waals surface area contributed by atoms with Gasteiger partial charge < -0.3 is 4.42 Å². The molecule has 0 radical (unpaired) electrons. The summed E-state index contributed by atoms with van der Waals surface area (Å²) >= 11 is 0. The third-order valence-corrected chi connectivity index (χ3v) is 8.84. The minimum atomic E-state index is 0.914. The van der Waals surface area contributed by atoms with E-state index in [9.17, 15) is 0 Å². The summed E-state index contributed by atoms with van der Waals surface area (Å²) in [5.74, 6) is 0. The van der Waals surface area contributed by atoms with Gasteiger partial charge in [-0.3, -0.25) is 0 Å². The van der Waals surface area contributed by atoms with Crippen LogP contribution in [0.4, 0.5) is 0 Å². The van der Waals surface area contributed by atoms with Gasteiger partial charge in [-0.15, -0.1) is 0 Å². The average molecular weight is 547 g/mol. The number of rotatable bonds is 3. The van der Waals surface area contributed by atoms with E-state index in [2.05, 4.69) is 158 Å². The third kappa shape index (κ3) is 3.72. The second-order valence-electron chi connectivity index (χ2n) is 11.3. The van der Waals surface area contributed by atoms with E-state index in [0.717, 1.165) is 32.9 Å². The van der Waals surface area contributed by atoms with E-state index in [0.29, 0.717) is 0 Å². The highest BCUT2D eigenvalue weighted by molar-refractivity contribution is 6.21. The predicted molar refractivity (Wildman–Crippen MR) is 183 cm³/mol. The van der Waals surface area contributed by atoms with Crippen LogP contribution in [0.2, 0.25) is 0 Å². The highest BCUT2D eigenvalue weighted by Gasteiger charge is 2.17. The van der Waals surface area contributed by atoms with Crippen LogP contribution in [0, 0.1) is 0 Å². The molecule has 43 heavy (non-hydrogen) atoms. The van der Waals surface area contributed by atoms with Crippen LogP contribution >= 0.6 is 0 Å². The lowest BCUT2D eigenvalue weighted by molar-refractivity contribution is 0.673. The van der Waals surface area contributed by atoms with Crippen molar-refractivity contribution in [1.82, 2.24) is 0 Å². The lowest BCUT2D eigenvalue weighted by Crippen LogP contribution is -1.91. The fourth-order valence-electron chi connectivity index (χ4n) is 6.89. The molecular weight excluding hydrogens is 520 g/mol. The monoisotopic (exact) mass is 546 g/mol. The number of hydrogen-bond donors (Lipinski definition) is 0. The van der Waals surface area contributed by atoms with E-state index < -0.39 is 0 Å². The van der Waals surface area contributed by atoms with Crippen LogP contribution in [0.25, 0.3) is 87.6 Å². The van der Waals surface area contributed by atoms with E-state index in [4.69, 9.17) is 4.42 Å². The Morgan fingerprint density at radius 3 is 1.56 bits per heavy atom. The van der Waals surface area contributed by atoms with Crippen LogP contribution in [0.1, 0.15) is 0 Å². The average Bonchev–Trinajstić information content (AvgIpc) is 3.46. The lowest BCUT2D eigenvalue weighted by atomic mass is 9.85. The first-order chi connectivity index (χ1) is 21.3. The van der Waals surface area contributed by atoms with Crippen molar-refractivity contribution in [2.75, 3.05) is 0 Å². The summed E-state index contributed by atoms with van der Waals surface area (Å²) in [6.07, 6.45) is 0. The molecule has 0 saturated heterocycles. The molecule has 1 aromatic heterocycles. The molecule has 0 N–H and O–H groups in total. The van der Waals surface area contributed by atoms with Crippen molar-refractivity contribution in [3.63, 3.8) is 0 Å². The smallest absolute Gasteiger partial charge is 0.143 e. The first-order valence-electron chi connectivity index (χ1n) is 14.8. The molecule has 0 saturated carbocycles. The third-order valence-electron chi connectivity index (χ3n) is 8.84. The summed E-state index contributed by atoms with van der Waals surface area (Å²) < 4.78 is 6.51. The van der Waals surface area contributed by atoms with E-state index in [1.165, 1.54) is 54.7 Å². The maximum absolute atomic E-state index is 6.51. The minimum Gasteiger partial charge on any atom is -0.455 e. The molecule has 1 heterocycles. The zero-order valence-electron chi connectivity index (χ0n) is 23.4. The van der Waals surface area contributed by atoms with Crippen LogP contribution < -0.4 is 0 Å². The second-order valence-corrected chi connectivity index (χ2v) is 11.3. The quantitative estimate of drug-likeness (QED) is 0.201. The number of benzene rings is 8. The van der Waals surface area contributed by atoms with Crippen LogP contribution in [0.15, 0.2) is 162 Å². The van der Waals surface area contributed by atoms with E-state index in [1.807, 2.05) is 0 Å². The standard InChI is InChI=1S/C42H26O/c1-2-12-28(13-3-1)40-34-17-6-8-19-36(34)41(37-20-9-7-18-35(37)40)31-15-10-14-29(25-31)30-22-23-33-38-24-21-27-11-4-5-16-32(27)42(38)43-39(33)26-30/h1-26H. The Morgan fingerprint density at radius 1 is 0.302 bits per heavy atom. The summed E-state index contributed by atoms with van der Waals surface area (Å²) in [4.78, 5) is 0. The van der Waals surface area contributed by atoms with Crippen molar-refractivity contribution < 1.29 is 4.42 Å². The van der Waals surface area contributed by atoms with Crippen LogP contribution in [-0.4, -0.2) is 0 Å². The summed E-state index contributed by atoms with van der Waals surface area (Å²) in [7, 11) is 0. The van der Waals surface area contributed by atoms with Gasteiger partial charge in [-0.05, 0) is 84.6 Å². The molecule has 0 spiro atoms. The van der Waals surface area contributed by atoms with E-state index in [1.54, 1.807) is 0 Å². The Hall–Kier alpha value is -5.66. The van der Waals surface area contributed by atoms with Crippen molar-refractivity contribution in [3.8, 4) is 33.4 Å². The number of furan rings is 1. The highest BCUT2D eigenvalue weighted by atomic mass is 16.3. The molecule has 200 valence electrons. The molecule has 9 rings (SSSR count). The molecule has 1 heteroatoms. The molecule has 1 nitrogen and oxygen atoms in total. The molecule has 0 amide bonds. The molecule has 0 aliphatic rings. The lowest BCUT2D eigenvalue weighted by Gasteiger charge is -2.18. The fraction of sp³-hybridized carbons (Fsp3) is 0. The van der Waals surface area contributed by atoms with Gasteiger partial charge in [-0.25, -0.2) is 0 Å². The Bertz CT molecular complexity index is 2440. The zero-order valence-corrected chi connectivity index (χ0v) is 23.4. The molecular formula is C42H26O. The Morgan fingerprint density at radius 2 is 0.837 bits per heavy atom. The fourth-order valence-corrected chi connectivity index (χ4v) is 6.89. The van der Waals surface area contributed by atoms with Gasteiger partial charge in [0.25, 0.3) is 0 Å². The molecule has 8 aromatic carbocycles. The predicted octanol–water partition coefficient (Wildman–Crippen LogP) is 12.0. The van der Waals surface area contributed by atoms with Crippen molar-refractivity contribution in [1.29, 1.82) is 0 Å². The largest absolute Gasteiger partial charge is 0.455 e. The Balaban J connectivity index is 1.25. The maximum atomic E-state index is 6.51. The van der Waals surface area contributed by atoms with Crippen LogP contribution in [-0.2, 0) is 0 Å². The number of fused-ring (bicyclic) bond motifs is 7. The molecule has 0 fully saturated rings. The first-order valence-corrected chi connectivity index (χ1v) is 14.8. The Labute approximate surface area is 249 Å². The second kappa shape index (κ2) is 9.44. The minimum absolute atomic E-state index is 0.914. The van der Waals surface area contributed by atoms with Crippen molar-refractivity contribution in [3.05, 3.63) is 158 Å². The van der Waals surface area contributed by atoms with E-state index >= 15 is 0 Å². The number of hydrogen-bond acceptors (Lipinski definition) is 1. The van der Waals surface area contributed by atoms with Gasteiger partial charge in [-0.2, -0.15) is 0 Å². The molecule has 0 atom stereocenters. The SMILES string of the molecule is c1ccc(-c2c3ccccc3c(-c3cccc(-c4ccc5c(c4)oc4c6ccccc6ccc54)c3)c3ccccc23)cc1. The maximum Gasteiger partial charge on any atom is 0.143 e. The van der Waals surface area contributed by atoms with Crippen molar-refractivity contribution >= 4 is 54.3 Å². The normalized spacial score (nSPS) is 11.7. The van der Waals surface area contributed by atoms with Gasteiger partial charge in [0, 0.05) is 16.2 Å². The molecule has 0 aliphatic carbocycles. The van der Waals surface area contributed by atoms with Gasteiger partial charge in [0.15, 0.2) is 0 Å². The van der Waals surface area contributed by atoms with Crippen molar-refractivity contribution in [2.24, 2.45) is 0 Å². The molecule has 9 aromatic rings. The topological polar surface area (TPSA) is 13.1 Å².